The summed E-state index contributed by atoms with van der Waals surface area (Å²) in [5.41, 5.74) is 2.44. The molecule has 2 aromatic carbocycles. The van der Waals surface area contributed by atoms with Gasteiger partial charge in [-0.25, -0.2) is 0 Å². The summed E-state index contributed by atoms with van der Waals surface area (Å²) in [7, 11) is 0. The van der Waals surface area contributed by atoms with Gasteiger partial charge in [0.25, 0.3) is 0 Å². The molecule has 0 aliphatic heterocycles. The van der Waals surface area contributed by atoms with E-state index < -0.39 is 0 Å². The molecule has 0 fully saturated rings. The van der Waals surface area contributed by atoms with E-state index >= 15 is 0 Å². The van der Waals surface area contributed by atoms with Crippen LogP contribution in [-0.2, 0) is 0 Å². The van der Waals surface area contributed by atoms with Gasteiger partial charge in [0.15, 0.2) is 11.2 Å². The monoisotopic (exact) mass is 393 g/mol. The van der Waals surface area contributed by atoms with Crippen LogP contribution in [0.4, 0.5) is 0 Å². The molecular formula is C24H27NO4. The fourth-order valence-corrected chi connectivity index (χ4v) is 3.34. The Bertz CT molecular complexity index is 1040. The van der Waals surface area contributed by atoms with Crippen molar-refractivity contribution in [3.63, 3.8) is 0 Å². The van der Waals surface area contributed by atoms with Crippen molar-refractivity contribution >= 4 is 16.8 Å². The van der Waals surface area contributed by atoms with Gasteiger partial charge in [0.2, 0.25) is 5.78 Å². The standard InChI is InChI=1S/C24H27NO4/c1-4-10-25-11-7-12-28-24-16(2)13-18(14-17(24)3)23(27)22-15-20(26)19-8-5-6-9-21(19)29-22/h5-6,8-9,13-15,25H,4,7,10-12H2,1-3H3. The van der Waals surface area contributed by atoms with Gasteiger partial charge in [-0.15, -0.1) is 0 Å². The molecule has 1 aromatic heterocycles. The van der Waals surface area contributed by atoms with E-state index in [1.807, 2.05) is 13.8 Å². The van der Waals surface area contributed by atoms with Gasteiger partial charge in [0.1, 0.15) is 11.3 Å². The molecule has 0 unspecified atom stereocenters. The maximum Gasteiger partial charge on any atom is 0.228 e. The number of fused-ring (bicyclic) bond motifs is 1. The first kappa shape index (κ1) is 20.8. The number of nitrogens with one attached hydrogen (secondary N) is 1. The Balaban J connectivity index is 1.77. The van der Waals surface area contributed by atoms with Crippen molar-refractivity contribution in [2.24, 2.45) is 0 Å². The van der Waals surface area contributed by atoms with Crippen LogP contribution in [0.2, 0.25) is 0 Å². The topological polar surface area (TPSA) is 68.5 Å². The molecule has 3 rings (SSSR count). The van der Waals surface area contributed by atoms with Crippen molar-refractivity contribution in [2.75, 3.05) is 19.7 Å². The van der Waals surface area contributed by atoms with Gasteiger partial charge in [-0.05, 0) is 75.2 Å². The number of hydrogen-bond acceptors (Lipinski definition) is 5. The molecule has 0 saturated heterocycles. The Morgan fingerprint density at radius 3 is 2.52 bits per heavy atom. The Kier molecular flexibility index (Phi) is 6.83. The normalized spacial score (nSPS) is 11.0. The van der Waals surface area contributed by atoms with Crippen molar-refractivity contribution in [3.8, 4) is 5.75 Å². The van der Waals surface area contributed by atoms with Gasteiger partial charge in [-0.1, -0.05) is 19.1 Å². The minimum Gasteiger partial charge on any atom is -0.493 e. The maximum atomic E-state index is 12.9. The van der Waals surface area contributed by atoms with Crippen LogP contribution in [0.25, 0.3) is 11.0 Å². The average Bonchev–Trinajstić information content (AvgIpc) is 2.71. The summed E-state index contributed by atoms with van der Waals surface area (Å²) in [6, 6.07) is 11.8. The van der Waals surface area contributed by atoms with Crippen LogP contribution in [0.3, 0.4) is 0 Å². The number of carbonyl (C=O) groups excluding carboxylic acids is 1. The quantitative estimate of drug-likeness (QED) is 0.431. The Labute approximate surface area is 170 Å². The van der Waals surface area contributed by atoms with Gasteiger partial charge >= 0.3 is 0 Å². The van der Waals surface area contributed by atoms with Crippen molar-refractivity contribution < 1.29 is 13.9 Å². The largest absolute Gasteiger partial charge is 0.493 e. The minimum atomic E-state index is -0.311. The number of carbonyl (C=O) groups is 1. The van der Waals surface area contributed by atoms with E-state index in [4.69, 9.17) is 9.15 Å². The Hall–Kier alpha value is -2.92. The van der Waals surface area contributed by atoms with Crippen LogP contribution in [0.5, 0.6) is 5.75 Å². The van der Waals surface area contributed by atoms with Gasteiger partial charge in [-0.3, -0.25) is 9.59 Å². The molecule has 0 spiro atoms. The second kappa shape index (κ2) is 9.52. The number of para-hydroxylation sites is 1. The third-order valence-corrected chi connectivity index (χ3v) is 4.75. The molecule has 0 aliphatic carbocycles. The SMILES string of the molecule is CCCNCCCOc1c(C)cc(C(=O)c2cc(=O)c3ccccc3o2)cc1C. The van der Waals surface area contributed by atoms with E-state index in [9.17, 15) is 9.59 Å². The van der Waals surface area contributed by atoms with Crippen LogP contribution in [0, 0.1) is 13.8 Å². The third kappa shape index (κ3) is 4.93. The molecule has 5 heteroatoms. The van der Waals surface area contributed by atoms with E-state index in [1.165, 1.54) is 6.07 Å². The summed E-state index contributed by atoms with van der Waals surface area (Å²) < 4.78 is 11.6. The first-order valence-electron chi connectivity index (χ1n) is 10.0. The molecule has 5 nitrogen and oxygen atoms in total. The summed E-state index contributed by atoms with van der Waals surface area (Å²) in [5, 5.41) is 3.82. The van der Waals surface area contributed by atoms with E-state index in [0.29, 0.717) is 23.1 Å². The Morgan fingerprint density at radius 2 is 1.79 bits per heavy atom. The highest BCUT2D eigenvalue weighted by molar-refractivity contribution is 6.08. The van der Waals surface area contributed by atoms with Gasteiger partial charge < -0.3 is 14.5 Å². The second-order valence-corrected chi connectivity index (χ2v) is 7.19. The lowest BCUT2D eigenvalue weighted by Crippen LogP contribution is -2.18. The smallest absolute Gasteiger partial charge is 0.228 e. The van der Waals surface area contributed by atoms with E-state index in [2.05, 4.69) is 12.2 Å². The predicted octanol–water partition coefficient (Wildman–Crippen LogP) is 4.41. The van der Waals surface area contributed by atoms with E-state index in [0.717, 1.165) is 42.8 Å². The number of rotatable bonds is 9. The second-order valence-electron chi connectivity index (χ2n) is 7.19. The zero-order chi connectivity index (χ0) is 20.8. The molecular weight excluding hydrogens is 366 g/mol. The molecule has 3 aromatic rings. The van der Waals surface area contributed by atoms with Gasteiger partial charge in [0, 0.05) is 11.6 Å². The molecule has 0 amide bonds. The maximum absolute atomic E-state index is 12.9. The van der Waals surface area contributed by atoms with Crippen LogP contribution in [-0.4, -0.2) is 25.5 Å². The lowest BCUT2D eigenvalue weighted by molar-refractivity contribution is 0.101. The van der Waals surface area contributed by atoms with Gasteiger partial charge in [-0.2, -0.15) is 0 Å². The predicted molar refractivity (Wildman–Crippen MR) is 115 cm³/mol. The first-order valence-corrected chi connectivity index (χ1v) is 10.0. The summed E-state index contributed by atoms with van der Waals surface area (Å²) in [6.45, 7) is 8.53. The number of hydrogen-bond donors (Lipinski definition) is 1. The fourth-order valence-electron chi connectivity index (χ4n) is 3.34. The van der Waals surface area contributed by atoms with Crippen LogP contribution >= 0.6 is 0 Å². The summed E-state index contributed by atoms with van der Waals surface area (Å²) in [6.07, 6.45) is 2.04. The molecule has 0 radical (unpaired) electrons. The van der Waals surface area contributed by atoms with Gasteiger partial charge in [0.05, 0.1) is 12.0 Å². The lowest BCUT2D eigenvalue weighted by Gasteiger charge is -2.14. The van der Waals surface area contributed by atoms with E-state index in [1.54, 1.807) is 36.4 Å². The first-order chi connectivity index (χ1) is 14.0. The summed E-state index contributed by atoms with van der Waals surface area (Å²) in [5.74, 6) is 0.537. The van der Waals surface area contributed by atoms with Crippen LogP contribution in [0.1, 0.15) is 47.0 Å². The van der Waals surface area contributed by atoms with Crippen LogP contribution in [0.15, 0.2) is 51.7 Å². The third-order valence-electron chi connectivity index (χ3n) is 4.75. The average molecular weight is 393 g/mol. The molecule has 0 aliphatic rings. The minimum absolute atomic E-state index is 0.0446. The molecule has 0 bridgehead atoms. The van der Waals surface area contributed by atoms with E-state index in [-0.39, 0.29) is 17.0 Å². The number of aryl methyl sites for hydroxylation is 2. The zero-order valence-electron chi connectivity index (χ0n) is 17.2. The molecule has 0 atom stereocenters. The number of benzene rings is 2. The highest BCUT2D eigenvalue weighted by Crippen LogP contribution is 2.26. The van der Waals surface area contributed by atoms with Crippen molar-refractivity contribution in [3.05, 3.63) is 75.1 Å². The fraction of sp³-hybridized carbons (Fsp3) is 0.333. The number of ether oxygens (including phenoxy) is 1. The Morgan fingerprint density at radius 1 is 1.07 bits per heavy atom. The highest BCUT2D eigenvalue weighted by Gasteiger charge is 2.17. The number of ketones is 1. The highest BCUT2D eigenvalue weighted by atomic mass is 16.5. The summed E-state index contributed by atoms with van der Waals surface area (Å²) >= 11 is 0. The van der Waals surface area contributed by atoms with Crippen molar-refractivity contribution in [1.29, 1.82) is 0 Å². The molecule has 1 heterocycles. The zero-order valence-corrected chi connectivity index (χ0v) is 17.2. The lowest BCUT2D eigenvalue weighted by atomic mass is 10.0. The molecule has 29 heavy (non-hydrogen) atoms. The van der Waals surface area contributed by atoms with Crippen molar-refractivity contribution in [2.45, 2.75) is 33.6 Å². The van der Waals surface area contributed by atoms with Crippen molar-refractivity contribution in [1.82, 2.24) is 5.32 Å². The molecule has 1 N–H and O–H groups in total. The summed E-state index contributed by atoms with van der Waals surface area (Å²) in [4.78, 5) is 25.2. The molecule has 0 saturated carbocycles. The molecule has 152 valence electrons. The van der Waals surface area contributed by atoms with Crippen LogP contribution < -0.4 is 15.5 Å².